The van der Waals surface area contributed by atoms with Crippen molar-refractivity contribution in [1.29, 1.82) is 0 Å². The van der Waals surface area contributed by atoms with E-state index >= 15 is 0 Å². The monoisotopic (exact) mass is 208 g/mol. The van der Waals surface area contributed by atoms with Gasteiger partial charge in [0.15, 0.2) is 0 Å². The van der Waals surface area contributed by atoms with Crippen LogP contribution in [-0.4, -0.2) is 30.1 Å². The number of nitrogens with one attached hydrogen (secondary N) is 1. The lowest BCUT2D eigenvalue weighted by Gasteiger charge is -2.03. The Labute approximate surface area is 86.9 Å². The highest BCUT2D eigenvalue weighted by Gasteiger charge is 2.05. The van der Waals surface area contributed by atoms with Crippen LogP contribution in [0.1, 0.15) is 20.7 Å². The number of aliphatic hydroxyl groups excluding tert-OH is 1. The second kappa shape index (κ2) is 5.11. The number of rotatable bonds is 4. The number of hydrogen-bond donors (Lipinski definition) is 3. The van der Waals surface area contributed by atoms with Crippen LogP contribution >= 0.6 is 0 Å². The van der Waals surface area contributed by atoms with Gasteiger partial charge in [0.2, 0.25) is 5.91 Å². The maximum absolute atomic E-state index is 11.3. The summed E-state index contributed by atoms with van der Waals surface area (Å²) >= 11 is 0. The molecule has 0 atom stereocenters. The van der Waals surface area contributed by atoms with E-state index in [0.29, 0.717) is 11.1 Å². The fourth-order valence-corrected chi connectivity index (χ4v) is 1.06. The fourth-order valence-electron chi connectivity index (χ4n) is 1.06. The lowest BCUT2D eigenvalue weighted by Crippen LogP contribution is -2.26. The third-order valence-electron chi connectivity index (χ3n) is 1.83. The average Bonchev–Trinajstić information content (AvgIpc) is 2.26. The van der Waals surface area contributed by atoms with Crippen LogP contribution in [-0.2, 0) is 0 Å². The summed E-state index contributed by atoms with van der Waals surface area (Å²) in [5.41, 5.74) is 5.83. The largest absolute Gasteiger partial charge is 0.395 e. The van der Waals surface area contributed by atoms with Crippen molar-refractivity contribution in [2.75, 3.05) is 13.2 Å². The minimum absolute atomic E-state index is 0.106. The fraction of sp³-hybridized carbons (Fsp3) is 0.200. The van der Waals surface area contributed by atoms with Crippen LogP contribution in [0.4, 0.5) is 0 Å². The molecule has 0 aliphatic rings. The number of hydrogen-bond acceptors (Lipinski definition) is 3. The zero-order valence-electron chi connectivity index (χ0n) is 8.06. The summed E-state index contributed by atoms with van der Waals surface area (Å²) in [6.07, 6.45) is 0. The molecule has 0 spiro atoms. The Morgan fingerprint density at radius 3 is 2.20 bits per heavy atom. The first kappa shape index (κ1) is 11.2. The predicted molar refractivity (Wildman–Crippen MR) is 54.4 cm³/mol. The van der Waals surface area contributed by atoms with Crippen LogP contribution in [0.3, 0.4) is 0 Å². The Hall–Kier alpha value is -1.88. The normalized spacial score (nSPS) is 9.67. The van der Waals surface area contributed by atoms with Crippen molar-refractivity contribution in [3.8, 4) is 0 Å². The van der Waals surface area contributed by atoms with Gasteiger partial charge >= 0.3 is 0 Å². The van der Waals surface area contributed by atoms with Crippen molar-refractivity contribution < 1.29 is 14.7 Å². The standard InChI is InChI=1S/C10H12N2O3/c11-9(14)7-1-3-8(4-2-7)10(15)12-5-6-13/h1-4,13H,5-6H2,(H2,11,14)(H,12,15). The summed E-state index contributed by atoms with van der Waals surface area (Å²) in [7, 11) is 0. The highest BCUT2D eigenvalue weighted by atomic mass is 16.3. The lowest BCUT2D eigenvalue weighted by molar-refractivity contribution is 0.0942. The summed E-state index contributed by atoms with van der Waals surface area (Å²) in [6.45, 7) is 0.0987. The Morgan fingerprint density at radius 1 is 1.20 bits per heavy atom. The topological polar surface area (TPSA) is 92.4 Å². The molecule has 0 radical (unpaired) electrons. The van der Waals surface area contributed by atoms with Gasteiger partial charge in [0.05, 0.1) is 6.61 Å². The zero-order valence-corrected chi connectivity index (χ0v) is 8.06. The van der Waals surface area contributed by atoms with E-state index < -0.39 is 5.91 Å². The molecule has 0 bridgehead atoms. The maximum atomic E-state index is 11.3. The molecule has 15 heavy (non-hydrogen) atoms. The minimum atomic E-state index is -0.530. The highest BCUT2D eigenvalue weighted by Crippen LogP contribution is 2.03. The van der Waals surface area contributed by atoms with Crippen molar-refractivity contribution in [3.05, 3.63) is 35.4 Å². The molecule has 5 heteroatoms. The number of amides is 2. The molecule has 1 rings (SSSR count). The van der Waals surface area contributed by atoms with Crippen LogP contribution in [0.5, 0.6) is 0 Å². The molecular weight excluding hydrogens is 196 g/mol. The van der Waals surface area contributed by atoms with Gasteiger partial charge in [-0.05, 0) is 24.3 Å². The van der Waals surface area contributed by atoms with E-state index in [2.05, 4.69) is 5.32 Å². The van der Waals surface area contributed by atoms with Gasteiger partial charge in [-0.15, -0.1) is 0 Å². The summed E-state index contributed by atoms with van der Waals surface area (Å²) in [5, 5.41) is 11.0. The third kappa shape index (κ3) is 3.07. The van der Waals surface area contributed by atoms with E-state index in [0.717, 1.165) is 0 Å². The molecule has 0 fully saturated rings. The summed E-state index contributed by atoms with van der Waals surface area (Å²) in [4.78, 5) is 22.1. The second-order valence-corrected chi connectivity index (χ2v) is 2.92. The molecule has 2 amide bonds. The van der Waals surface area contributed by atoms with Crippen LogP contribution in [0, 0.1) is 0 Å². The van der Waals surface area contributed by atoms with E-state index in [1.807, 2.05) is 0 Å². The molecule has 4 N–H and O–H groups in total. The number of primary amides is 1. The van der Waals surface area contributed by atoms with Crippen molar-refractivity contribution >= 4 is 11.8 Å². The molecule has 0 unspecified atom stereocenters. The number of carbonyl (C=O) groups is 2. The van der Waals surface area contributed by atoms with Crippen molar-refractivity contribution in [2.24, 2.45) is 5.73 Å². The molecule has 1 aromatic rings. The summed E-state index contributed by atoms with van der Waals surface area (Å²) < 4.78 is 0. The Kier molecular flexibility index (Phi) is 3.82. The van der Waals surface area contributed by atoms with Gasteiger partial charge in [-0.1, -0.05) is 0 Å². The van der Waals surface area contributed by atoms with Crippen LogP contribution < -0.4 is 11.1 Å². The Bertz CT molecular complexity index is 359. The smallest absolute Gasteiger partial charge is 0.251 e. The van der Waals surface area contributed by atoms with E-state index in [1.54, 1.807) is 0 Å². The lowest BCUT2D eigenvalue weighted by atomic mass is 10.1. The van der Waals surface area contributed by atoms with Gasteiger partial charge in [-0.3, -0.25) is 9.59 Å². The van der Waals surface area contributed by atoms with Crippen LogP contribution in [0.15, 0.2) is 24.3 Å². The van der Waals surface area contributed by atoms with Gasteiger partial charge < -0.3 is 16.2 Å². The Morgan fingerprint density at radius 2 is 1.73 bits per heavy atom. The number of benzene rings is 1. The third-order valence-corrected chi connectivity index (χ3v) is 1.83. The Balaban J connectivity index is 2.71. The summed E-state index contributed by atoms with van der Waals surface area (Å²) in [6, 6.07) is 5.98. The average molecular weight is 208 g/mol. The SMILES string of the molecule is NC(=O)c1ccc(C(=O)NCCO)cc1. The second-order valence-electron chi connectivity index (χ2n) is 2.92. The van der Waals surface area contributed by atoms with Gasteiger partial charge in [0.25, 0.3) is 5.91 Å². The van der Waals surface area contributed by atoms with Gasteiger partial charge in [0.1, 0.15) is 0 Å². The minimum Gasteiger partial charge on any atom is -0.395 e. The van der Waals surface area contributed by atoms with E-state index in [4.69, 9.17) is 10.8 Å². The first-order valence-electron chi connectivity index (χ1n) is 4.44. The van der Waals surface area contributed by atoms with Crippen LogP contribution in [0.25, 0.3) is 0 Å². The van der Waals surface area contributed by atoms with Crippen LogP contribution in [0.2, 0.25) is 0 Å². The quantitative estimate of drug-likeness (QED) is 0.623. The van der Waals surface area contributed by atoms with Crippen molar-refractivity contribution in [2.45, 2.75) is 0 Å². The molecule has 0 saturated heterocycles. The molecule has 0 aromatic heterocycles. The number of nitrogens with two attached hydrogens (primary N) is 1. The summed E-state index contributed by atoms with van der Waals surface area (Å²) in [5.74, 6) is -0.822. The molecule has 0 aliphatic carbocycles. The van der Waals surface area contributed by atoms with Crippen molar-refractivity contribution in [3.63, 3.8) is 0 Å². The first-order chi connectivity index (χ1) is 7.15. The molecule has 0 saturated carbocycles. The first-order valence-corrected chi connectivity index (χ1v) is 4.44. The highest BCUT2D eigenvalue weighted by molar-refractivity contribution is 5.97. The van der Waals surface area contributed by atoms with Crippen molar-refractivity contribution in [1.82, 2.24) is 5.32 Å². The van der Waals surface area contributed by atoms with E-state index in [9.17, 15) is 9.59 Å². The zero-order chi connectivity index (χ0) is 11.3. The van der Waals surface area contributed by atoms with Gasteiger partial charge in [-0.25, -0.2) is 0 Å². The van der Waals surface area contributed by atoms with E-state index in [-0.39, 0.29) is 19.1 Å². The molecule has 0 aliphatic heterocycles. The molecule has 80 valence electrons. The number of carbonyl (C=O) groups excluding carboxylic acids is 2. The predicted octanol–water partition coefficient (Wildman–Crippen LogP) is -0.492. The number of aliphatic hydroxyl groups is 1. The molecule has 5 nitrogen and oxygen atoms in total. The molecule has 1 aromatic carbocycles. The maximum Gasteiger partial charge on any atom is 0.251 e. The van der Waals surface area contributed by atoms with Gasteiger partial charge in [-0.2, -0.15) is 0 Å². The van der Waals surface area contributed by atoms with Gasteiger partial charge in [0, 0.05) is 17.7 Å². The molecular formula is C10H12N2O3. The van der Waals surface area contributed by atoms with E-state index in [1.165, 1.54) is 24.3 Å². The molecule has 0 heterocycles.